The molecule has 20 heavy (non-hydrogen) atoms. The van der Waals surface area contributed by atoms with Crippen molar-refractivity contribution in [1.29, 1.82) is 0 Å². The van der Waals surface area contributed by atoms with E-state index in [4.69, 9.17) is 4.74 Å². The molecule has 9 heteroatoms. The average molecular weight is 301 g/mol. The normalized spacial score (nSPS) is 10.4. The molecular formula is C11H9F2N3O3S. The fraction of sp³-hybridized carbons (Fsp3) is 0.182. The number of methoxy groups -OCH3 is 2. The smallest absolute Gasteiger partial charge is 0.358 e. The van der Waals surface area contributed by atoms with Crippen LogP contribution < -0.4 is 4.74 Å². The number of esters is 1. The molecule has 6 nitrogen and oxygen atoms in total. The van der Waals surface area contributed by atoms with E-state index in [0.29, 0.717) is 0 Å². The van der Waals surface area contributed by atoms with Crippen molar-refractivity contribution < 1.29 is 22.5 Å². The van der Waals surface area contributed by atoms with Gasteiger partial charge in [0.15, 0.2) is 23.8 Å². The van der Waals surface area contributed by atoms with E-state index in [1.807, 2.05) is 0 Å². The van der Waals surface area contributed by atoms with Crippen LogP contribution in [0.5, 0.6) is 5.88 Å². The molecule has 0 saturated carbocycles. The van der Waals surface area contributed by atoms with Crippen molar-refractivity contribution in [2.24, 2.45) is 0 Å². The largest absolute Gasteiger partial charge is 0.481 e. The molecule has 0 atom stereocenters. The molecule has 2 aromatic heterocycles. The van der Waals surface area contributed by atoms with Crippen molar-refractivity contribution in [1.82, 2.24) is 14.2 Å². The Bertz CT molecular complexity index is 648. The number of carbonyl (C=O) groups excluding carboxylic acids is 1. The van der Waals surface area contributed by atoms with E-state index >= 15 is 0 Å². The van der Waals surface area contributed by atoms with Crippen LogP contribution >= 0.6 is 12.3 Å². The highest BCUT2D eigenvalue weighted by Crippen LogP contribution is 2.29. The van der Waals surface area contributed by atoms with Crippen LogP contribution in [0.1, 0.15) is 10.5 Å². The number of hydrogen-bond donors (Lipinski definition) is 0. The van der Waals surface area contributed by atoms with Crippen LogP contribution in [0.15, 0.2) is 18.3 Å². The molecule has 2 heterocycles. The first-order chi connectivity index (χ1) is 9.60. The summed E-state index contributed by atoms with van der Waals surface area (Å²) < 4.78 is 36.8. The zero-order valence-corrected chi connectivity index (χ0v) is 11.3. The maximum absolute atomic E-state index is 13.8. The Balaban J connectivity index is 2.56. The molecule has 0 bridgehead atoms. The lowest BCUT2D eigenvalue weighted by molar-refractivity contribution is 0.0594. The minimum atomic E-state index is -0.750. The zero-order chi connectivity index (χ0) is 14.7. The number of ether oxygens (including phenoxy) is 2. The number of pyridine rings is 1. The Morgan fingerprint density at radius 3 is 2.75 bits per heavy atom. The lowest BCUT2D eigenvalue weighted by Gasteiger charge is -2.05. The summed E-state index contributed by atoms with van der Waals surface area (Å²) >= 11 is -0.269. The Hall–Kier alpha value is -2.16. The fourth-order valence-corrected chi connectivity index (χ4v) is 1.87. The summed E-state index contributed by atoms with van der Waals surface area (Å²) in [5.41, 5.74) is -0.0800. The van der Waals surface area contributed by atoms with Gasteiger partial charge in [0.1, 0.15) is 0 Å². The van der Waals surface area contributed by atoms with Crippen molar-refractivity contribution in [3.8, 4) is 17.1 Å². The van der Waals surface area contributed by atoms with Crippen LogP contribution in [0.3, 0.4) is 0 Å². The number of aromatic nitrogens is 3. The molecular weight excluding hydrogens is 292 g/mol. The molecule has 0 aliphatic carbocycles. The quantitative estimate of drug-likeness (QED) is 0.807. The van der Waals surface area contributed by atoms with E-state index in [2.05, 4.69) is 14.8 Å². The Morgan fingerprint density at radius 1 is 1.40 bits per heavy atom. The third-order valence-corrected chi connectivity index (χ3v) is 2.86. The number of hydrogen-bond acceptors (Lipinski definition) is 6. The van der Waals surface area contributed by atoms with Crippen molar-refractivity contribution in [3.05, 3.63) is 29.8 Å². The highest BCUT2D eigenvalue weighted by atomic mass is 32.2. The van der Waals surface area contributed by atoms with E-state index in [1.54, 1.807) is 0 Å². The van der Waals surface area contributed by atoms with Gasteiger partial charge in [0.2, 0.25) is 5.88 Å². The molecule has 2 rings (SSSR count). The summed E-state index contributed by atoms with van der Waals surface area (Å²) in [6.07, 6.45) is 0.937. The predicted molar refractivity (Wildman–Crippen MR) is 67.4 cm³/mol. The summed E-state index contributed by atoms with van der Waals surface area (Å²) in [6.45, 7) is 0. The average Bonchev–Trinajstić information content (AvgIpc) is 2.91. The lowest BCUT2D eigenvalue weighted by Crippen LogP contribution is -2.02. The van der Waals surface area contributed by atoms with Gasteiger partial charge in [0.05, 0.1) is 26.1 Å². The standard InChI is InChI=1S/C11H9F2N3O3S/c1-18-10-3-6(7(12)5-14-10)9-4-8(11(17)19-2)15-16(9)20-13/h3-5H,1-2H3. The summed E-state index contributed by atoms with van der Waals surface area (Å²) in [5.74, 6) is -1.30. The zero-order valence-electron chi connectivity index (χ0n) is 10.5. The van der Waals surface area contributed by atoms with Crippen molar-refractivity contribution in [2.45, 2.75) is 0 Å². The fourth-order valence-electron chi connectivity index (χ4n) is 1.53. The SMILES string of the molecule is COC(=O)c1cc(-c2cc(OC)ncc2F)n(SF)n1. The molecule has 0 unspecified atom stereocenters. The molecule has 0 aliphatic heterocycles. The minimum absolute atomic E-state index is 0.00431. The molecule has 2 aromatic rings. The summed E-state index contributed by atoms with van der Waals surface area (Å²) in [5, 5.41) is 3.67. The molecule has 0 aliphatic rings. The van der Waals surface area contributed by atoms with Crippen LogP contribution in [-0.4, -0.2) is 34.4 Å². The monoisotopic (exact) mass is 301 g/mol. The minimum Gasteiger partial charge on any atom is -0.481 e. The van der Waals surface area contributed by atoms with E-state index in [0.717, 1.165) is 10.3 Å². The number of carbonyl (C=O) groups is 1. The first kappa shape index (κ1) is 14.3. The van der Waals surface area contributed by atoms with Gasteiger partial charge in [-0.2, -0.15) is 9.19 Å². The molecule has 0 aromatic carbocycles. The van der Waals surface area contributed by atoms with Gasteiger partial charge in [0.25, 0.3) is 0 Å². The van der Waals surface area contributed by atoms with Gasteiger partial charge in [-0.15, -0.1) is 3.89 Å². The van der Waals surface area contributed by atoms with Crippen LogP contribution in [0.25, 0.3) is 11.3 Å². The summed E-state index contributed by atoms with van der Waals surface area (Å²) in [4.78, 5) is 15.1. The molecule has 0 radical (unpaired) electrons. The Labute approximate surface area is 117 Å². The number of rotatable bonds is 4. The van der Waals surface area contributed by atoms with E-state index in [-0.39, 0.29) is 35.2 Å². The Kier molecular flexibility index (Phi) is 4.18. The highest BCUT2D eigenvalue weighted by molar-refractivity contribution is 7.92. The maximum Gasteiger partial charge on any atom is 0.358 e. The van der Waals surface area contributed by atoms with Crippen molar-refractivity contribution >= 4 is 18.3 Å². The third-order valence-electron chi connectivity index (χ3n) is 2.45. The van der Waals surface area contributed by atoms with Gasteiger partial charge in [-0.3, -0.25) is 0 Å². The lowest BCUT2D eigenvalue weighted by atomic mass is 10.2. The molecule has 106 valence electrons. The first-order valence-electron chi connectivity index (χ1n) is 5.28. The third kappa shape index (κ3) is 2.57. The van der Waals surface area contributed by atoms with Gasteiger partial charge in [0, 0.05) is 17.7 Å². The van der Waals surface area contributed by atoms with E-state index in [9.17, 15) is 13.1 Å². The second-order valence-electron chi connectivity index (χ2n) is 3.55. The van der Waals surface area contributed by atoms with Gasteiger partial charge in [-0.05, 0) is 0 Å². The molecule has 0 N–H and O–H groups in total. The predicted octanol–water partition coefficient (Wildman–Crippen LogP) is 2.26. The van der Waals surface area contributed by atoms with Crippen LogP contribution in [0.4, 0.5) is 8.28 Å². The molecule has 0 saturated heterocycles. The Morgan fingerprint density at radius 2 is 2.15 bits per heavy atom. The summed E-state index contributed by atoms with van der Waals surface area (Å²) in [6, 6.07) is 2.50. The van der Waals surface area contributed by atoms with Crippen LogP contribution in [-0.2, 0) is 4.74 Å². The van der Waals surface area contributed by atoms with Gasteiger partial charge < -0.3 is 9.47 Å². The number of nitrogens with zero attached hydrogens (tertiary/aromatic N) is 3. The highest BCUT2D eigenvalue weighted by Gasteiger charge is 2.19. The van der Waals surface area contributed by atoms with Gasteiger partial charge in [-0.1, -0.05) is 0 Å². The molecule has 0 amide bonds. The van der Waals surface area contributed by atoms with Gasteiger partial charge >= 0.3 is 5.97 Å². The van der Waals surface area contributed by atoms with Crippen LogP contribution in [0.2, 0.25) is 0 Å². The first-order valence-corrected chi connectivity index (χ1v) is 5.95. The van der Waals surface area contributed by atoms with E-state index in [1.165, 1.54) is 26.4 Å². The molecule has 0 spiro atoms. The van der Waals surface area contributed by atoms with Crippen LogP contribution in [0, 0.1) is 5.82 Å². The summed E-state index contributed by atoms with van der Waals surface area (Å²) in [7, 11) is 2.53. The number of halogens is 2. The van der Waals surface area contributed by atoms with Crippen molar-refractivity contribution in [2.75, 3.05) is 14.2 Å². The van der Waals surface area contributed by atoms with Gasteiger partial charge in [-0.25, -0.2) is 14.2 Å². The second kappa shape index (κ2) is 5.87. The van der Waals surface area contributed by atoms with Crippen molar-refractivity contribution in [3.63, 3.8) is 0 Å². The topological polar surface area (TPSA) is 66.2 Å². The maximum atomic E-state index is 13.8. The molecule has 0 fully saturated rings. The van der Waals surface area contributed by atoms with E-state index < -0.39 is 11.8 Å². The second-order valence-corrected chi connectivity index (χ2v) is 4.04.